The van der Waals surface area contributed by atoms with Gasteiger partial charge in [-0.1, -0.05) is 18.2 Å². The molecule has 3 heterocycles. The Morgan fingerprint density at radius 3 is 2.81 bits per heavy atom. The van der Waals surface area contributed by atoms with E-state index >= 15 is 0 Å². The molecule has 1 aromatic heterocycles. The van der Waals surface area contributed by atoms with Gasteiger partial charge in [0.25, 0.3) is 0 Å². The zero-order chi connectivity index (χ0) is 14.2. The molecular formula is C16H9N3O2. The molecule has 4 rings (SSSR count). The van der Waals surface area contributed by atoms with Crippen molar-refractivity contribution in [2.45, 2.75) is 0 Å². The van der Waals surface area contributed by atoms with Crippen LogP contribution >= 0.6 is 0 Å². The fraction of sp³-hybridized carbons (Fsp3) is 0. The van der Waals surface area contributed by atoms with E-state index in [9.17, 15) is 4.79 Å². The molecule has 0 N–H and O–H groups in total. The quantitative estimate of drug-likeness (QED) is 0.526. The van der Waals surface area contributed by atoms with E-state index in [-0.39, 0.29) is 11.5 Å². The number of fused-ring (bicyclic) bond motifs is 2. The minimum Gasteiger partial charge on any atom is -0.436 e. The van der Waals surface area contributed by atoms with Crippen LogP contribution in [0, 0.1) is 0 Å². The number of rotatable bonds is 2. The molecule has 0 unspecified atom stereocenters. The van der Waals surface area contributed by atoms with Crippen LogP contribution in [0.15, 0.2) is 59.3 Å². The fourth-order valence-corrected chi connectivity index (χ4v) is 2.26. The molecular weight excluding hydrogens is 266 g/mol. The van der Waals surface area contributed by atoms with Crippen molar-refractivity contribution in [1.29, 1.82) is 0 Å². The van der Waals surface area contributed by atoms with Crippen LogP contribution in [0.2, 0.25) is 0 Å². The van der Waals surface area contributed by atoms with Gasteiger partial charge >= 0.3 is 0 Å². The predicted octanol–water partition coefficient (Wildman–Crippen LogP) is 2.95. The second kappa shape index (κ2) is 4.49. The number of pyridine rings is 1. The monoisotopic (exact) mass is 275 g/mol. The van der Waals surface area contributed by atoms with E-state index in [1.165, 1.54) is 6.20 Å². The van der Waals surface area contributed by atoms with E-state index in [0.29, 0.717) is 22.6 Å². The highest BCUT2D eigenvalue weighted by molar-refractivity contribution is 6.11. The van der Waals surface area contributed by atoms with Gasteiger partial charge < -0.3 is 4.42 Å². The van der Waals surface area contributed by atoms with Gasteiger partial charge in [-0.3, -0.25) is 9.78 Å². The molecule has 5 nitrogen and oxygen atoms in total. The van der Waals surface area contributed by atoms with Crippen LogP contribution in [-0.2, 0) is 0 Å². The summed E-state index contributed by atoms with van der Waals surface area (Å²) in [4.78, 5) is 16.4. The highest BCUT2D eigenvalue weighted by Crippen LogP contribution is 2.29. The van der Waals surface area contributed by atoms with Crippen LogP contribution < -0.4 is 0 Å². The number of para-hydroxylation sites is 1. The second-order valence-electron chi connectivity index (χ2n) is 4.62. The van der Waals surface area contributed by atoms with Crippen molar-refractivity contribution in [3.05, 3.63) is 66.1 Å². The third-order valence-electron chi connectivity index (χ3n) is 3.29. The molecule has 1 aromatic carbocycles. The van der Waals surface area contributed by atoms with Crippen molar-refractivity contribution in [3.8, 4) is 11.5 Å². The van der Waals surface area contributed by atoms with Crippen LogP contribution in [0.3, 0.4) is 0 Å². The first-order valence-corrected chi connectivity index (χ1v) is 6.42. The van der Waals surface area contributed by atoms with Gasteiger partial charge in [0.05, 0.1) is 5.56 Å². The van der Waals surface area contributed by atoms with Gasteiger partial charge in [-0.15, -0.1) is 10.2 Å². The van der Waals surface area contributed by atoms with Gasteiger partial charge in [0.15, 0.2) is 0 Å². The van der Waals surface area contributed by atoms with E-state index in [1.807, 2.05) is 30.3 Å². The summed E-state index contributed by atoms with van der Waals surface area (Å²) in [6, 6.07) is 12.9. The van der Waals surface area contributed by atoms with Crippen LogP contribution in [0.25, 0.3) is 22.4 Å². The van der Waals surface area contributed by atoms with Crippen molar-refractivity contribution in [2.24, 2.45) is 0 Å². The van der Waals surface area contributed by atoms with E-state index in [2.05, 4.69) is 15.2 Å². The summed E-state index contributed by atoms with van der Waals surface area (Å²) in [6.07, 6.45) is 3.13. The molecule has 0 fully saturated rings. The maximum Gasteiger partial charge on any atom is 0.248 e. The van der Waals surface area contributed by atoms with Crippen molar-refractivity contribution in [3.63, 3.8) is 0 Å². The van der Waals surface area contributed by atoms with Crippen molar-refractivity contribution >= 4 is 16.8 Å². The van der Waals surface area contributed by atoms with Gasteiger partial charge in [-0.2, -0.15) is 0 Å². The Morgan fingerprint density at radius 1 is 1.05 bits per heavy atom. The molecule has 2 aliphatic rings. The summed E-state index contributed by atoms with van der Waals surface area (Å²) in [5.41, 5.74) is 2.09. The lowest BCUT2D eigenvalue weighted by molar-refractivity contribution is 0.103. The van der Waals surface area contributed by atoms with Crippen LogP contribution in [0.1, 0.15) is 16.1 Å². The summed E-state index contributed by atoms with van der Waals surface area (Å²) < 4.78 is 5.67. The standard InChI is InChI=1S/C16H9N3O2/c20-15(11-5-3-7-17-9-11)14-12-8-10-4-1-2-6-13(10)21-16(12)19-18-14/h1-9H. The summed E-state index contributed by atoms with van der Waals surface area (Å²) in [5, 5.41) is 8.83. The van der Waals surface area contributed by atoms with Gasteiger partial charge in [0.2, 0.25) is 11.7 Å². The molecule has 0 bridgehead atoms. The molecule has 0 radical (unpaired) electrons. The van der Waals surface area contributed by atoms with Crippen molar-refractivity contribution in [2.75, 3.05) is 0 Å². The molecule has 2 aromatic rings. The average molecular weight is 275 g/mol. The Hall–Kier alpha value is -3.08. The van der Waals surface area contributed by atoms with E-state index in [4.69, 9.17) is 4.42 Å². The maximum absolute atomic E-state index is 12.5. The lowest BCUT2D eigenvalue weighted by atomic mass is 10.0. The van der Waals surface area contributed by atoms with Crippen molar-refractivity contribution in [1.82, 2.24) is 15.2 Å². The molecule has 0 saturated carbocycles. The smallest absolute Gasteiger partial charge is 0.248 e. The molecule has 0 aliphatic carbocycles. The summed E-state index contributed by atoms with van der Waals surface area (Å²) in [7, 11) is 0. The average Bonchev–Trinajstić information content (AvgIpc) is 2.95. The Morgan fingerprint density at radius 2 is 1.95 bits per heavy atom. The molecule has 100 valence electrons. The third-order valence-corrected chi connectivity index (χ3v) is 3.29. The first-order chi connectivity index (χ1) is 10.3. The topological polar surface area (TPSA) is 68.9 Å². The number of hydrogen-bond donors (Lipinski definition) is 0. The number of aromatic nitrogens is 3. The van der Waals surface area contributed by atoms with E-state index in [1.54, 1.807) is 18.3 Å². The van der Waals surface area contributed by atoms with Gasteiger partial charge in [0, 0.05) is 23.3 Å². The number of nitrogens with zero attached hydrogens (tertiary/aromatic N) is 3. The number of carbonyl (C=O) groups excluding carboxylic acids is 1. The Labute approximate surface area is 119 Å². The Kier molecular flexibility index (Phi) is 2.50. The SMILES string of the molecule is O=C(c1cccnc1)c1nnc2oc3ccccc3cc1-2. The summed E-state index contributed by atoms with van der Waals surface area (Å²) in [6.45, 7) is 0. The summed E-state index contributed by atoms with van der Waals surface area (Å²) in [5.74, 6) is 0.150. The highest BCUT2D eigenvalue weighted by Gasteiger charge is 2.23. The molecule has 0 spiro atoms. The lowest BCUT2D eigenvalue weighted by Gasteiger charge is -2.02. The van der Waals surface area contributed by atoms with Crippen LogP contribution in [0.4, 0.5) is 0 Å². The van der Waals surface area contributed by atoms with Crippen molar-refractivity contribution < 1.29 is 9.21 Å². The van der Waals surface area contributed by atoms with Crippen LogP contribution in [-0.4, -0.2) is 21.0 Å². The summed E-state index contributed by atoms with van der Waals surface area (Å²) >= 11 is 0. The highest BCUT2D eigenvalue weighted by atomic mass is 16.3. The normalized spacial score (nSPS) is 11.0. The molecule has 0 atom stereocenters. The molecule has 5 heteroatoms. The van der Waals surface area contributed by atoms with E-state index < -0.39 is 0 Å². The number of carbonyl (C=O) groups is 1. The largest absolute Gasteiger partial charge is 0.436 e. The number of ketones is 1. The van der Waals surface area contributed by atoms with E-state index in [0.717, 1.165) is 5.39 Å². The molecule has 21 heavy (non-hydrogen) atoms. The molecule has 0 saturated heterocycles. The second-order valence-corrected chi connectivity index (χ2v) is 4.62. The fourth-order valence-electron chi connectivity index (χ4n) is 2.26. The molecule has 2 aliphatic heterocycles. The Balaban J connectivity index is 1.91. The van der Waals surface area contributed by atoms with Gasteiger partial charge in [-0.05, 0) is 24.3 Å². The third kappa shape index (κ3) is 1.87. The zero-order valence-corrected chi connectivity index (χ0v) is 10.9. The first-order valence-electron chi connectivity index (χ1n) is 6.42. The number of hydrogen-bond acceptors (Lipinski definition) is 5. The minimum absolute atomic E-state index is 0.212. The number of benzene rings is 1. The first kappa shape index (κ1) is 11.7. The minimum atomic E-state index is -0.212. The van der Waals surface area contributed by atoms with Gasteiger partial charge in [0.1, 0.15) is 11.3 Å². The Bertz CT molecular complexity index is 915. The van der Waals surface area contributed by atoms with Gasteiger partial charge in [-0.25, -0.2) is 0 Å². The van der Waals surface area contributed by atoms with Crippen LogP contribution in [0.5, 0.6) is 0 Å². The predicted molar refractivity (Wildman–Crippen MR) is 76.1 cm³/mol. The molecule has 0 amide bonds. The lowest BCUT2D eigenvalue weighted by Crippen LogP contribution is -2.03. The maximum atomic E-state index is 12.5. The zero-order valence-electron chi connectivity index (χ0n) is 10.9.